The molecule has 5 rings (SSSR count). The van der Waals surface area contributed by atoms with Crippen molar-refractivity contribution in [2.45, 2.75) is 24.9 Å². The van der Waals surface area contributed by atoms with Crippen LogP contribution in [0.1, 0.15) is 18.1 Å². The Kier molecular flexibility index (Phi) is 8.45. The van der Waals surface area contributed by atoms with Crippen LogP contribution < -0.4 is 15.9 Å². The average molecular weight is 597 g/mol. The molecule has 0 amide bonds. The van der Waals surface area contributed by atoms with E-state index in [0.29, 0.717) is 0 Å². The second-order valence-corrected chi connectivity index (χ2v) is 13.5. The Morgan fingerprint density at radius 2 is 1.27 bits per heavy atom. The molecule has 2 aliphatic carbocycles. The first kappa shape index (κ1) is 29.2. The van der Waals surface area contributed by atoms with Gasteiger partial charge in [0.05, 0.1) is 11.1 Å². The van der Waals surface area contributed by atoms with Gasteiger partial charge in [0.15, 0.2) is 0 Å². The molecule has 1 unspecified atom stereocenters. The zero-order chi connectivity index (χ0) is 29.2. The third-order valence-electron chi connectivity index (χ3n) is 6.75. The van der Waals surface area contributed by atoms with Crippen LogP contribution in [0, 0.1) is 5.66 Å². The third-order valence-corrected chi connectivity index (χ3v) is 10.6. The highest BCUT2D eigenvalue weighted by Gasteiger charge is 2.37. The van der Waals surface area contributed by atoms with Gasteiger partial charge in [-0.2, -0.15) is 26.3 Å². The summed E-state index contributed by atoms with van der Waals surface area (Å²) in [6.45, 7) is 1.85. The summed E-state index contributed by atoms with van der Waals surface area (Å²) < 4.78 is 80.8. The molecule has 0 heterocycles. The smallest absolute Gasteiger partial charge is 0.166 e. The highest BCUT2D eigenvalue weighted by Crippen LogP contribution is 2.53. The highest BCUT2D eigenvalue weighted by molar-refractivity contribution is 7.76. The molecule has 8 heteroatoms. The molecule has 0 bridgehead atoms. The number of benzene rings is 3. The minimum absolute atomic E-state index is 0.0240. The van der Waals surface area contributed by atoms with E-state index in [1.807, 2.05) is 79.8 Å². The van der Waals surface area contributed by atoms with Crippen molar-refractivity contribution in [3.05, 3.63) is 155 Å². The van der Waals surface area contributed by atoms with Crippen LogP contribution in [0.2, 0.25) is 0 Å². The number of rotatable bonds is 6. The van der Waals surface area contributed by atoms with Gasteiger partial charge in [0.1, 0.15) is 0 Å². The Bertz CT molecular complexity index is 1470. The molecule has 2 atom stereocenters. The standard InChI is InChI=1S/C33H25F6P2/c1-22(40-25-20-23(32(34,35)36)19-24(21-25)33(37,38)39)28-16-10-17-29(28)30-15-8-9-18-31(30)41(26-11-4-2-5-12-26)27-13-6-3-7-14-27/h2-22,40H,1H3/q-1/b30-29+/t22-/m0/s1. The molecule has 0 N–H and O–H groups in total. The largest absolute Gasteiger partial charge is 0.416 e. The maximum absolute atomic E-state index is 13.5. The molecule has 0 nitrogen and oxygen atoms in total. The monoisotopic (exact) mass is 597 g/mol. The van der Waals surface area contributed by atoms with E-state index in [9.17, 15) is 26.3 Å². The van der Waals surface area contributed by atoms with Crippen LogP contribution in [-0.4, -0.2) is 5.66 Å². The minimum atomic E-state index is -4.87. The second kappa shape index (κ2) is 11.9. The molecule has 2 aliphatic rings. The van der Waals surface area contributed by atoms with Crippen molar-refractivity contribution in [1.82, 2.24) is 0 Å². The molecule has 0 aliphatic heterocycles. The molecule has 0 fully saturated rings. The van der Waals surface area contributed by atoms with Crippen molar-refractivity contribution >= 4 is 32.4 Å². The van der Waals surface area contributed by atoms with E-state index in [0.717, 1.165) is 34.5 Å². The van der Waals surface area contributed by atoms with Crippen LogP contribution in [0.4, 0.5) is 26.3 Å². The summed E-state index contributed by atoms with van der Waals surface area (Å²) in [4.78, 5) is 0. The third kappa shape index (κ3) is 6.61. The Morgan fingerprint density at radius 1 is 0.707 bits per heavy atom. The van der Waals surface area contributed by atoms with Crippen molar-refractivity contribution in [3.63, 3.8) is 0 Å². The first-order valence-electron chi connectivity index (χ1n) is 12.8. The molecule has 0 radical (unpaired) electrons. The van der Waals surface area contributed by atoms with Gasteiger partial charge < -0.3 is 0 Å². The van der Waals surface area contributed by atoms with Crippen molar-refractivity contribution in [2.75, 3.05) is 0 Å². The molecule has 210 valence electrons. The van der Waals surface area contributed by atoms with E-state index < -0.39 is 31.4 Å². The minimum Gasteiger partial charge on any atom is -0.166 e. The average Bonchev–Trinajstić information content (AvgIpc) is 3.44. The van der Waals surface area contributed by atoms with Crippen molar-refractivity contribution in [1.29, 1.82) is 0 Å². The van der Waals surface area contributed by atoms with Gasteiger partial charge in [-0.15, -0.1) is 29.9 Å². The Balaban J connectivity index is 1.52. The van der Waals surface area contributed by atoms with E-state index in [2.05, 4.69) is 30.3 Å². The Hall–Kier alpha value is -3.33. The number of halogens is 6. The second-order valence-electron chi connectivity index (χ2n) is 9.58. The molecule has 41 heavy (non-hydrogen) atoms. The van der Waals surface area contributed by atoms with Gasteiger partial charge in [0.2, 0.25) is 0 Å². The van der Waals surface area contributed by atoms with Crippen molar-refractivity contribution in [2.24, 2.45) is 0 Å². The van der Waals surface area contributed by atoms with Gasteiger partial charge in [-0.25, -0.2) is 0 Å². The summed E-state index contributed by atoms with van der Waals surface area (Å²) in [5.74, 6) is 0. The lowest BCUT2D eigenvalue weighted by atomic mass is 9.95. The van der Waals surface area contributed by atoms with Gasteiger partial charge in [0, 0.05) is 0 Å². The topological polar surface area (TPSA) is 0 Å². The van der Waals surface area contributed by atoms with Crippen LogP contribution in [0.15, 0.2) is 138 Å². The maximum atomic E-state index is 13.5. The zero-order valence-corrected chi connectivity index (χ0v) is 23.7. The van der Waals surface area contributed by atoms with Gasteiger partial charge in [-0.3, -0.25) is 0 Å². The fourth-order valence-electron chi connectivity index (χ4n) is 4.90. The molecule has 0 saturated heterocycles. The van der Waals surface area contributed by atoms with E-state index in [4.69, 9.17) is 0 Å². The summed E-state index contributed by atoms with van der Waals surface area (Å²) in [5, 5.41) is 2.37. The van der Waals surface area contributed by atoms with Gasteiger partial charge in [-0.1, -0.05) is 119 Å². The molecule has 3 aromatic carbocycles. The first-order valence-corrected chi connectivity index (χ1v) is 15.3. The predicted molar refractivity (Wildman–Crippen MR) is 159 cm³/mol. The van der Waals surface area contributed by atoms with E-state index >= 15 is 0 Å². The lowest BCUT2D eigenvalue weighted by Crippen LogP contribution is -2.19. The number of hydrogen-bond donors (Lipinski definition) is 0. The molecule has 0 aromatic heterocycles. The molecule has 0 saturated carbocycles. The summed E-state index contributed by atoms with van der Waals surface area (Å²) in [6, 6.07) is 22.3. The fraction of sp³-hybridized carbons (Fsp3) is 0.121. The van der Waals surface area contributed by atoms with Crippen molar-refractivity contribution in [3.8, 4) is 0 Å². The van der Waals surface area contributed by atoms with Gasteiger partial charge in [-0.05, 0) is 39.8 Å². The first-order chi connectivity index (χ1) is 19.5. The maximum Gasteiger partial charge on any atom is 0.416 e. The summed E-state index contributed by atoms with van der Waals surface area (Å²) in [5.41, 5.74) is 1.07. The quantitative estimate of drug-likeness (QED) is 0.151. The van der Waals surface area contributed by atoms with Crippen LogP contribution in [0.5, 0.6) is 0 Å². The molecule has 0 spiro atoms. The Labute approximate surface area is 238 Å². The summed E-state index contributed by atoms with van der Waals surface area (Å²) >= 11 is 0. The van der Waals surface area contributed by atoms with Crippen molar-refractivity contribution < 1.29 is 26.3 Å². The number of hydrogen-bond acceptors (Lipinski definition) is 0. The lowest BCUT2D eigenvalue weighted by molar-refractivity contribution is -0.142. The number of allylic oxidation sites excluding steroid dienone is 10. The number of alkyl halides is 6. The predicted octanol–water partition coefficient (Wildman–Crippen LogP) is 9.00. The summed E-state index contributed by atoms with van der Waals surface area (Å²) in [7, 11) is -1.23. The van der Waals surface area contributed by atoms with Gasteiger partial charge in [0.25, 0.3) is 0 Å². The fourth-order valence-corrected chi connectivity index (χ4v) is 8.75. The van der Waals surface area contributed by atoms with Crippen LogP contribution >= 0.6 is 16.5 Å². The summed E-state index contributed by atoms with van der Waals surface area (Å²) in [6.07, 6.45) is 4.12. The van der Waals surface area contributed by atoms with E-state index in [1.54, 1.807) is 0 Å². The van der Waals surface area contributed by atoms with Crippen LogP contribution in [-0.2, 0) is 12.4 Å². The van der Waals surface area contributed by atoms with Crippen LogP contribution in [0.3, 0.4) is 0 Å². The van der Waals surface area contributed by atoms with E-state index in [-0.39, 0.29) is 25.6 Å². The van der Waals surface area contributed by atoms with E-state index in [1.165, 1.54) is 10.6 Å². The zero-order valence-electron chi connectivity index (χ0n) is 21.8. The SMILES string of the molecule is C[C@H](Pc1cc(C(F)(F)F)cc(C(F)(F)F)c1)C1=CC=C/C1=C1/C=CC=C[C-]1P(c1ccccc1)c1ccccc1. The molecular formula is C33H25F6P2-. The van der Waals surface area contributed by atoms with Gasteiger partial charge >= 0.3 is 12.4 Å². The normalized spacial score (nSPS) is 18.1. The lowest BCUT2D eigenvalue weighted by Gasteiger charge is -2.37. The highest BCUT2D eigenvalue weighted by atomic mass is 31.1. The molecule has 3 aromatic rings. The molecular weight excluding hydrogens is 572 g/mol. The van der Waals surface area contributed by atoms with Crippen LogP contribution in [0.25, 0.3) is 0 Å². The Morgan fingerprint density at radius 3 is 1.80 bits per heavy atom.